The average Bonchev–Trinajstić information content (AvgIpc) is 2.05. The Kier molecular flexibility index (Phi) is 3.71. The summed E-state index contributed by atoms with van der Waals surface area (Å²) in [6, 6.07) is 0. The maximum atomic E-state index is 12.6. The van der Waals surface area contributed by atoms with Crippen molar-refractivity contribution in [2.75, 3.05) is 5.73 Å². The topological polar surface area (TPSA) is 73.0 Å². The molecule has 0 saturated heterocycles. The van der Waals surface area contributed by atoms with Gasteiger partial charge in [-0.25, -0.2) is 22.2 Å². The minimum atomic E-state index is -4.31. The van der Waals surface area contributed by atoms with Crippen LogP contribution in [0, 0.1) is 3.70 Å². The summed E-state index contributed by atoms with van der Waals surface area (Å²) < 4.78 is 47.1. The molecule has 0 spiro atoms. The van der Waals surface area contributed by atoms with Crippen molar-refractivity contribution in [2.24, 2.45) is 0 Å². The smallest absolute Gasteiger partial charge is 0.267 e. The summed E-state index contributed by atoms with van der Waals surface area (Å²) in [7, 11) is 0.704. The van der Waals surface area contributed by atoms with Crippen molar-refractivity contribution in [3.05, 3.63) is 15.5 Å². The minimum absolute atomic E-state index is 0.143. The van der Waals surface area contributed by atoms with Crippen molar-refractivity contribution in [1.29, 1.82) is 0 Å². The maximum absolute atomic E-state index is 12.6. The molecule has 0 saturated carbocycles. The second kappa shape index (κ2) is 4.34. The Bertz CT molecular complexity index is 494. The standard InChI is InChI=1S/C6H4ClF2IN2O2S/c7-15(13,14)4-2(11)1-12-6(10)3(4)5(8)9/h1,5H,11H2. The van der Waals surface area contributed by atoms with Gasteiger partial charge in [-0.2, -0.15) is 0 Å². The molecule has 2 N–H and O–H groups in total. The molecule has 0 bridgehead atoms. The fraction of sp³-hybridized carbons (Fsp3) is 0.167. The first-order valence-electron chi connectivity index (χ1n) is 3.42. The van der Waals surface area contributed by atoms with Crippen molar-refractivity contribution in [2.45, 2.75) is 11.3 Å². The molecule has 0 radical (unpaired) electrons. The number of pyridine rings is 1. The van der Waals surface area contributed by atoms with E-state index in [4.69, 9.17) is 16.4 Å². The van der Waals surface area contributed by atoms with E-state index in [-0.39, 0.29) is 9.39 Å². The van der Waals surface area contributed by atoms with Crippen LogP contribution in [0.5, 0.6) is 0 Å². The second-order valence-electron chi connectivity index (χ2n) is 2.49. The molecule has 0 atom stereocenters. The lowest BCUT2D eigenvalue weighted by Crippen LogP contribution is -2.07. The Balaban J connectivity index is 3.68. The predicted octanol–water partition coefficient (Wildman–Crippen LogP) is 2.13. The van der Waals surface area contributed by atoms with E-state index in [2.05, 4.69) is 4.98 Å². The number of rotatable bonds is 2. The molecule has 1 heterocycles. The Morgan fingerprint density at radius 2 is 2.07 bits per heavy atom. The molecule has 1 aromatic rings. The van der Waals surface area contributed by atoms with Gasteiger partial charge in [-0.1, -0.05) is 0 Å². The van der Waals surface area contributed by atoms with E-state index < -0.39 is 25.9 Å². The Morgan fingerprint density at radius 1 is 1.53 bits per heavy atom. The molecule has 0 aliphatic heterocycles. The molecular formula is C6H4ClF2IN2O2S. The third-order valence-corrected chi connectivity index (χ3v) is 3.77. The highest BCUT2D eigenvalue weighted by atomic mass is 127. The van der Waals surface area contributed by atoms with Gasteiger partial charge in [0.15, 0.2) is 0 Å². The number of alkyl halides is 2. The number of nitrogen functional groups attached to an aromatic ring is 1. The van der Waals surface area contributed by atoms with E-state index in [1.807, 2.05) is 0 Å². The summed E-state index contributed by atoms with van der Waals surface area (Å²) >= 11 is 1.49. The van der Waals surface area contributed by atoms with E-state index in [0.29, 0.717) is 0 Å². The van der Waals surface area contributed by atoms with Crippen LogP contribution in [-0.2, 0) is 9.05 Å². The van der Waals surface area contributed by atoms with Crippen LogP contribution in [0.1, 0.15) is 12.0 Å². The summed E-state index contributed by atoms with van der Waals surface area (Å²) in [6.07, 6.45) is -2.03. The first kappa shape index (κ1) is 12.8. The number of hydrogen-bond donors (Lipinski definition) is 1. The highest BCUT2D eigenvalue weighted by Gasteiger charge is 2.27. The highest BCUT2D eigenvalue weighted by molar-refractivity contribution is 14.1. The van der Waals surface area contributed by atoms with Crippen LogP contribution in [0.15, 0.2) is 11.1 Å². The molecule has 0 fully saturated rings. The first-order chi connectivity index (χ1) is 6.75. The summed E-state index contributed by atoms with van der Waals surface area (Å²) in [6.45, 7) is 0. The fourth-order valence-electron chi connectivity index (χ4n) is 0.965. The lowest BCUT2D eigenvalue weighted by Gasteiger charge is -2.09. The van der Waals surface area contributed by atoms with Crippen LogP contribution >= 0.6 is 33.3 Å². The SMILES string of the molecule is Nc1cnc(I)c(C(F)F)c1S(=O)(=O)Cl. The van der Waals surface area contributed by atoms with Gasteiger partial charge in [0.1, 0.15) is 8.60 Å². The normalized spacial score (nSPS) is 12.1. The number of anilines is 1. The summed E-state index contributed by atoms with van der Waals surface area (Å²) in [5, 5.41) is 0. The molecule has 0 amide bonds. The minimum Gasteiger partial charge on any atom is -0.396 e. The third kappa shape index (κ3) is 2.67. The average molecular weight is 369 g/mol. The number of halogens is 4. The van der Waals surface area contributed by atoms with Crippen LogP contribution in [0.2, 0.25) is 0 Å². The zero-order chi connectivity index (χ0) is 11.8. The molecule has 1 rings (SSSR count). The van der Waals surface area contributed by atoms with Crippen LogP contribution in [0.25, 0.3) is 0 Å². The number of nitrogens with zero attached hydrogens (tertiary/aromatic N) is 1. The quantitative estimate of drug-likeness (QED) is 0.493. The maximum Gasteiger partial charge on any atom is 0.267 e. The molecular weight excluding hydrogens is 364 g/mol. The summed E-state index contributed by atoms with van der Waals surface area (Å²) in [5.41, 5.74) is 4.10. The van der Waals surface area contributed by atoms with E-state index >= 15 is 0 Å². The fourth-order valence-corrected chi connectivity index (χ4v) is 3.09. The highest BCUT2D eigenvalue weighted by Crippen LogP contribution is 2.34. The molecule has 0 aliphatic carbocycles. The monoisotopic (exact) mass is 368 g/mol. The number of aromatic nitrogens is 1. The van der Waals surface area contributed by atoms with E-state index in [1.165, 1.54) is 22.6 Å². The zero-order valence-corrected chi connectivity index (χ0v) is 10.6. The largest absolute Gasteiger partial charge is 0.396 e. The van der Waals surface area contributed by atoms with Gasteiger partial charge in [0, 0.05) is 10.7 Å². The summed E-state index contributed by atoms with van der Waals surface area (Å²) in [4.78, 5) is 2.77. The first-order valence-corrected chi connectivity index (χ1v) is 6.80. The van der Waals surface area contributed by atoms with Crippen molar-refractivity contribution in [1.82, 2.24) is 4.98 Å². The number of nitrogens with two attached hydrogens (primary N) is 1. The number of hydrogen-bond acceptors (Lipinski definition) is 4. The van der Waals surface area contributed by atoms with Gasteiger partial charge in [-0.05, 0) is 22.6 Å². The molecule has 1 aromatic heterocycles. The lowest BCUT2D eigenvalue weighted by atomic mass is 10.3. The van der Waals surface area contributed by atoms with Gasteiger partial charge in [0.25, 0.3) is 15.5 Å². The Labute approximate surface area is 102 Å². The molecule has 84 valence electrons. The van der Waals surface area contributed by atoms with E-state index in [1.54, 1.807) is 0 Å². The molecule has 9 heteroatoms. The molecule has 4 nitrogen and oxygen atoms in total. The van der Waals surface area contributed by atoms with Gasteiger partial charge in [-0.3, -0.25) is 0 Å². The van der Waals surface area contributed by atoms with Crippen LogP contribution in [0.3, 0.4) is 0 Å². The Morgan fingerprint density at radius 3 is 2.40 bits per heavy atom. The zero-order valence-electron chi connectivity index (χ0n) is 6.92. The van der Waals surface area contributed by atoms with Gasteiger partial charge >= 0.3 is 0 Å². The van der Waals surface area contributed by atoms with Crippen LogP contribution in [-0.4, -0.2) is 13.4 Å². The van der Waals surface area contributed by atoms with Crippen LogP contribution in [0.4, 0.5) is 14.5 Å². The van der Waals surface area contributed by atoms with E-state index in [9.17, 15) is 17.2 Å². The Hall–Kier alpha value is -0.220. The van der Waals surface area contributed by atoms with Gasteiger partial charge < -0.3 is 5.73 Å². The molecule has 0 aromatic carbocycles. The summed E-state index contributed by atoms with van der Waals surface area (Å²) in [5.74, 6) is 0. The molecule has 0 aliphatic rings. The van der Waals surface area contributed by atoms with E-state index in [0.717, 1.165) is 6.20 Å². The molecule has 0 unspecified atom stereocenters. The van der Waals surface area contributed by atoms with Crippen molar-refractivity contribution in [3.63, 3.8) is 0 Å². The van der Waals surface area contributed by atoms with Gasteiger partial charge in [0.05, 0.1) is 17.4 Å². The lowest BCUT2D eigenvalue weighted by molar-refractivity contribution is 0.146. The predicted molar refractivity (Wildman–Crippen MR) is 59.4 cm³/mol. The van der Waals surface area contributed by atoms with Gasteiger partial charge in [0.2, 0.25) is 0 Å². The van der Waals surface area contributed by atoms with Crippen molar-refractivity contribution < 1.29 is 17.2 Å². The van der Waals surface area contributed by atoms with Crippen molar-refractivity contribution in [3.8, 4) is 0 Å². The van der Waals surface area contributed by atoms with Crippen molar-refractivity contribution >= 4 is 48.0 Å². The third-order valence-electron chi connectivity index (χ3n) is 1.51. The molecule has 15 heavy (non-hydrogen) atoms. The van der Waals surface area contributed by atoms with Gasteiger partial charge in [-0.15, -0.1) is 0 Å². The second-order valence-corrected chi connectivity index (χ2v) is 6.01. The van der Waals surface area contributed by atoms with Crippen LogP contribution < -0.4 is 5.73 Å².